The molecule has 34 heavy (non-hydrogen) atoms. The molecule has 0 unspecified atom stereocenters. The Kier molecular flexibility index (Phi) is 5.48. The first-order valence-electron chi connectivity index (χ1n) is 10.9. The lowest BCUT2D eigenvalue weighted by atomic mass is 10.1. The lowest BCUT2D eigenvalue weighted by Crippen LogP contribution is -2.46. The van der Waals surface area contributed by atoms with E-state index in [1.807, 2.05) is 9.80 Å². The van der Waals surface area contributed by atoms with Crippen LogP contribution in [0.25, 0.3) is 10.9 Å². The molecule has 0 aliphatic carbocycles. The molecular weight excluding hydrogens is 446 g/mol. The Labute approximate surface area is 193 Å². The molecular formula is C23H22F2N6O3. The zero-order valence-electron chi connectivity index (χ0n) is 18.4. The summed E-state index contributed by atoms with van der Waals surface area (Å²) < 4.78 is 31.3. The molecule has 0 spiro atoms. The van der Waals surface area contributed by atoms with Crippen LogP contribution in [0.1, 0.15) is 22.8 Å². The number of rotatable bonds is 5. The summed E-state index contributed by atoms with van der Waals surface area (Å²) in [4.78, 5) is 35.5. The van der Waals surface area contributed by atoms with Gasteiger partial charge >= 0.3 is 11.7 Å². The molecule has 1 saturated heterocycles. The first-order valence-corrected chi connectivity index (χ1v) is 10.9. The molecule has 1 fully saturated rings. The molecule has 2 aliphatic heterocycles. The predicted octanol–water partition coefficient (Wildman–Crippen LogP) is 2.80. The molecule has 0 amide bonds. The van der Waals surface area contributed by atoms with Crippen molar-refractivity contribution < 1.29 is 18.7 Å². The van der Waals surface area contributed by atoms with Gasteiger partial charge in [0.2, 0.25) is 0 Å². The fourth-order valence-corrected chi connectivity index (χ4v) is 4.51. The predicted molar refractivity (Wildman–Crippen MR) is 124 cm³/mol. The van der Waals surface area contributed by atoms with Crippen LogP contribution in [0.2, 0.25) is 0 Å². The molecule has 3 aromatic rings. The number of nitrogens with zero attached hydrogens (tertiary/aromatic N) is 5. The van der Waals surface area contributed by atoms with E-state index >= 15 is 4.39 Å². The van der Waals surface area contributed by atoms with Crippen molar-refractivity contribution >= 4 is 40.4 Å². The minimum atomic E-state index is -1.18. The summed E-state index contributed by atoms with van der Waals surface area (Å²) in [7, 11) is 0. The highest BCUT2D eigenvalue weighted by Gasteiger charge is 2.25. The van der Waals surface area contributed by atoms with E-state index in [0.29, 0.717) is 67.4 Å². The van der Waals surface area contributed by atoms with Crippen LogP contribution >= 0.6 is 0 Å². The Morgan fingerprint density at radius 3 is 2.62 bits per heavy atom. The van der Waals surface area contributed by atoms with Gasteiger partial charge in [0.1, 0.15) is 17.2 Å². The van der Waals surface area contributed by atoms with Gasteiger partial charge in [-0.3, -0.25) is 9.47 Å². The van der Waals surface area contributed by atoms with Crippen molar-refractivity contribution in [3.8, 4) is 0 Å². The van der Waals surface area contributed by atoms with E-state index in [4.69, 9.17) is 5.11 Å². The van der Waals surface area contributed by atoms with Gasteiger partial charge in [0.05, 0.1) is 28.7 Å². The number of hydrogen-bond donors (Lipinski definition) is 2. The zero-order chi connectivity index (χ0) is 24.0. The number of nitrogens with one attached hydrogen (secondary N) is 1. The number of halogens is 2. The van der Waals surface area contributed by atoms with Crippen LogP contribution in [0.4, 0.5) is 26.0 Å². The number of aromatic nitrogens is 2. The highest BCUT2D eigenvalue weighted by molar-refractivity contribution is 6.06. The quantitative estimate of drug-likeness (QED) is 0.594. The maximum Gasteiger partial charge on any atom is 0.349 e. The maximum atomic E-state index is 15.4. The largest absolute Gasteiger partial charge is 0.478 e. The topological polar surface area (TPSA) is 103 Å². The van der Waals surface area contributed by atoms with Crippen molar-refractivity contribution in [2.24, 2.45) is 4.99 Å². The van der Waals surface area contributed by atoms with Crippen LogP contribution in [0, 0.1) is 11.6 Å². The fourth-order valence-electron chi connectivity index (χ4n) is 4.51. The number of carbonyl (C=O) groups is 1. The third kappa shape index (κ3) is 3.67. The van der Waals surface area contributed by atoms with Gasteiger partial charge in [0, 0.05) is 44.8 Å². The van der Waals surface area contributed by atoms with E-state index < -0.39 is 23.3 Å². The number of carboxylic acid groups (broad SMARTS) is 1. The summed E-state index contributed by atoms with van der Waals surface area (Å²) >= 11 is 0. The van der Waals surface area contributed by atoms with E-state index in [1.54, 1.807) is 13.0 Å². The van der Waals surface area contributed by atoms with Crippen molar-refractivity contribution in [3.63, 3.8) is 0 Å². The van der Waals surface area contributed by atoms with Crippen LogP contribution in [0.15, 0.2) is 34.1 Å². The second-order valence-corrected chi connectivity index (χ2v) is 8.22. The smallest absolute Gasteiger partial charge is 0.349 e. The average molecular weight is 468 g/mol. The van der Waals surface area contributed by atoms with Crippen molar-refractivity contribution in [2.75, 3.05) is 36.4 Å². The Morgan fingerprint density at radius 1 is 1.18 bits per heavy atom. The van der Waals surface area contributed by atoms with Gasteiger partial charge in [-0.25, -0.2) is 23.4 Å². The van der Waals surface area contributed by atoms with Crippen LogP contribution < -0.4 is 15.9 Å². The first-order chi connectivity index (χ1) is 16.4. The number of hydrogen-bond acceptors (Lipinski definition) is 7. The van der Waals surface area contributed by atoms with Gasteiger partial charge in [-0.2, -0.15) is 4.98 Å². The van der Waals surface area contributed by atoms with Gasteiger partial charge in [0.25, 0.3) is 0 Å². The summed E-state index contributed by atoms with van der Waals surface area (Å²) in [5, 5.41) is 12.5. The number of aromatic carboxylic acids is 1. The van der Waals surface area contributed by atoms with E-state index in [9.17, 15) is 14.0 Å². The van der Waals surface area contributed by atoms with E-state index in [-0.39, 0.29) is 11.1 Å². The fraction of sp³-hybridized carbons (Fsp3) is 0.304. The number of benzene rings is 2. The number of aliphatic imine (C=N–C) groups is 1. The van der Waals surface area contributed by atoms with E-state index in [0.717, 1.165) is 6.07 Å². The van der Waals surface area contributed by atoms with Gasteiger partial charge < -0.3 is 15.3 Å². The molecule has 2 aromatic carbocycles. The van der Waals surface area contributed by atoms with Gasteiger partial charge in [0.15, 0.2) is 5.82 Å². The number of anilines is 2. The minimum absolute atomic E-state index is 0.000720. The third-order valence-corrected chi connectivity index (χ3v) is 6.26. The number of carboxylic acids is 1. The van der Waals surface area contributed by atoms with Crippen molar-refractivity contribution in [2.45, 2.75) is 20.0 Å². The zero-order valence-corrected chi connectivity index (χ0v) is 18.4. The lowest BCUT2D eigenvalue weighted by molar-refractivity contribution is 0.0696. The van der Waals surface area contributed by atoms with Crippen molar-refractivity contribution in [1.82, 2.24) is 14.5 Å². The normalized spacial score (nSPS) is 15.6. The maximum absolute atomic E-state index is 15.4. The molecule has 2 aliphatic rings. The molecule has 9 nitrogen and oxygen atoms in total. The van der Waals surface area contributed by atoms with Gasteiger partial charge in [-0.15, -0.1) is 0 Å². The summed E-state index contributed by atoms with van der Waals surface area (Å²) in [5.74, 6) is -1.92. The number of piperazine rings is 1. The second kappa shape index (κ2) is 8.49. The molecule has 0 atom stereocenters. The summed E-state index contributed by atoms with van der Waals surface area (Å²) in [5.41, 5.74) is 0.750. The average Bonchev–Trinajstić information content (AvgIpc) is 2.82. The van der Waals surface area contributed by atoms with Crippen molar-refractivity contribution in [3.05, 3.63) is 57.5 Å². The Bertz CT molecular complexity index is 1400. The SMILES string of the molecule is CCn1c2c3c(cc(CN4CCN(c5ccc(C(=O)O)cc5F)CC4)c(F)c3nc1=O)NC=N2. The summed E-state index contributed by atoms with van der Waals surface area (Å²) in [6.07, 6.45) is 1.48. The Balaban J connectivity index is 1.37. The standard InChI is InChI=1S/C23H22F2N6O3/c1-2-31-21-18-16(26-12-27-21)10-14(19(25)20(18)28-23(31)34)11-29-5-7-30(8-6-29)17-4-3-13(22(32)33)9-15(17)24/h3-4,9-10,12H,2,5-8,11H2,1H3,(H,26,27)(H,32,33). The Morgan fingerprint density at radius 2 is 1.94 bits per heavy atom. The summed E-state index contributed by atoms with van der Waals surface area (Å²) in [6, 6.07) is 5.59. The lowest BCUT2D eigenvalue weighted by Gasteiger charge is -2.36. The van der Waals surface area contributed by atoms with Crippen LogP contribution in [0.3, 0.4) is 0 Å². The molecule has 3 heterocycles. The minimum Gasteiger partial charge on any atom is -0.478 e. The molecule has 5 rings (SSSR count). The second-order valence-electron chi connectivity index (χ2n) is 8.22. The van der Waals surface area contributed by atoms with Crippen LogP contribution in [0.5, 0.6) is 0 Å². The molecule has 1 aromatic heterocycles. The molecule has 0 bridgehead atoms. The van der Waals surface area contributed by atoms with E-state index in [2.05, 4.69) is 15.3 Å². The monoisotopic (exact) mass is 468 g/mol. The first kappa shape index (κ1) is 22.0. The van der Waals surface area contributed by atoms with E-state index in [1.165, 1.54) is 23.0 Å². The molecule has 0 radical (unpaired) electrons. The molecule has 11 heteroatoms. The van der Waals surface area contributed by atoms with Crippen LogP contribution in [-0.4, -0.2) is 58.0 Å². The highest BCUT2D eigenvalue weighted by Crippen LogP contribution is 2.36. The molecule has 176 valence electrons. The third-order valence-electron chi connectivity index (χ3n) is 6.26. The molecule has 0 saturated carbocycles. The Hall–Kier alpha value is -3.86. The van der Waals surface area contributed by atoms with Crippen LogP contribution in [-0.2, 0) is 13.1 Å². The highest BCUT2D eigenvalue weighted by atomic mass is 19.1. The summed E-state index contributed by atoms with van der Waals surface area (Å²) in [6.45, 7) is 4.59. The van der Waals surface area contributed by atoms with Gasteiger partial charge in [-0.05, 0) is 31.2 Å². The van der Waals surface area contributed by atoms with Gasteiger partial charge in [-0.1, -0.05) is 0 Å². The van der Waals surface area contributed by atoms with Crippen molar-refractivity contribution in [1.29, 1.82) is 0 Å². The molecule has 2 N–H and O–H groups in total.